The Bertz CT molecular complexity index is 598. The number of hydrogen-bond acceptors (Lipinski definition) is 4. The molecule has 2 unspecified atom stereocenters. The third kappa shape index (κ3) is 3.90. The van der Waals surface area contributed by atoms with E-state index < -0.39 is 0 Å². The van der Waals surface area contributed by atoms with Crippen LogP contribution in [0.15, 0.2) is 30.3 Å². The van der Waals surface area contributed by atoms with Crippen molar-refractivity contribution < 1.29 is 9.47 Å². The largest absolute Gasteiger partial charge is 0.493 e. The second kappa shape index (κ2) is 7.16. The first-order valence-electron chi connectivity index (χ1n) is 6.89. The van der Waals surface area contributed by atoms with E-state index in [1.54, 1.807) is 7.11 Å². The first-order chi connectivity index (χ1) is 10.0. The van der Waals surface area contributed by atoms with Crippen molar-refractivity contribution in [2.75, 3.05) is 7.11 Å². The minimum absolute atomic E-state index is 0.157. The molecule has 1 aromatic heterocycles. The number of methoxy groups -OCH3 is 1. The summed E-state index contributed by atoms with van der Waals surface area (Å²) < 4.78 is 12.2. The number of halogens is 1. The predicted molar refractivity (Wildman–Crippen MR) is 88.7 cm³/mol. The molecule has 2 atom stereocenters. The van der Waals surface area contributed by atoms with Gasteiger partial charge in [-0.3, -0.25) is 0 Å². The fourth-order valence-corrected chi connectivity index (χ4v) is 3.28. The molecule has 0 aliphatic carbocycles. The summed E-state index contributed by atoms with van der Waals surface area (Å²) in [6.07, 6.45) is 0.706. The number of thiophene rings is 1. The van der Waals surface area contributed by atoms with E-state index in [0.29, 0.717) is 5.75 Å². The SMILES string of the molecule is CCc1ccc(OC(c2ccc(Cl)s2)C(C)N)c(OC)c1. The van der Waals surface area contributed by atoms with Crippen molar-refractivity contribution in [2.24, 2.45) is 5.73 Å². The summed E-state index contributed by atoms with van der Waals surface area (Å²) in [6, 6.07) is 9.62. The summed E-state index contributed by atoms with van der Waals surface area (Å²) in [5, 5.41) is 0. The molecule has 3 nitrogen and oxygen atoms in total. The van der Waals surface area contributed by atoms with E-state index in [9.17, 15) is 0 Å². The maximum absolute atomic E-state index is 6.10. The molecule has 0 saturated carbocycles. The molecule has 0 spiro atoms. The first-order valence-corrected chi connectivity index (χ1v) is 8.09. The highest BCUT2D eigenvalue weighted by molar-refractivity contribution is 7.16. The van der Waals surface area contributed by atoms with Crippen molar-refractivity contribution in [1.29, 1.82) is 0 Å². The Kier molecular flexibility index (Phi) is 5.51. The van der Waals surface area contributed by atoms with Crippen LogP contribution in [0.25, 0.3) is 0 Å². The van der Waals surface area contributed by atoms with Crippen molar-refractivity contribution in [3.63, 3.8) is 0 Å². The minimum atomic E-state index is -0.246. The maximum atomic E-state index is 6.10. The number of aryl methyl sites for hydroxylation is 1. The number of benzene rings is 1. The van der Waals surface area contributed by atoms with E-state index in [-0.39, 0.29) is 12.1 Å². The second-order valence-corrected chi connectivity index (χ2v) is 6.62. The zero-order chi connectivity index (χ0) is 15.4. The standard InChI is InChI=1S/C16H20ClNO2S/c1-4-11-5-6-12(13(9-11)19-3)20-16(10(2)18)14-7-8-15(17)21-14/h5-10,16H,4,18H2,1-3H3. The third-order valence-corrected chi connectivity index (χ3v) is 4.53. The van der Waals surface area contributed by atoms with Gasteiger partial charge in [0, 0.05) is 10.9 Å². The highest BCUT2D eigenvalue weighted by atomic mass is 35.5. The van der Waals surface area contributed by atoms with Crippen LogP contribution >= 0.6 is 22.9 Å². The quantitative estimate of drug-likeness (QED) is 0.854. The monoisotopic (exact) mass is 325 g/mol. The normalized spacial score (nSPS) is 13.8. The zero-order valence-electron chi connectivity index (χ0n) is 12.4. The van der Waals surface area contributed by atoms with Crippen molar-refractivity contribution in [3.8, 4) is 11.5 Å². The van der Waals surface area contributed by atoms with Gasteiger partial charge in [-0.15, -0.1) is 11.3 Å². The smallest absolute Gasteiger partial charge is 0.162 e. The van der Waals surface area contributed by atoms with E-state index in [0.717, 1.165) is 21.4 Å². The lowest BCUT2D eigenvalue weighted by molar-refractivity contribution is 0.176. The Morgan fingerprint density at radius 1 is 1.24 bits per heavy atom. The van der Waals surface area contributed by atoms with E-state index >= 15 is 0 Å². The van der Waals surface area contributed by atoms with Crippen LogP contribution in [0.5, 0.6) is 11.5 Å². The molecule has 2 N–H and O–H groups in total. The fourth-order valence-electron chi connectivity index (χ4n) is 2.07. The van der Waals surface area contributed by atoms with Crippen LogP contribution in [0.4, 0.5) is 0 Å². The predicted octanol–water partition coefficient (Wildman–Crippen LogP) is 4.44. The molecule has 0 aliphatic rings. The summed E-state index contributed by atoms with van der Waals surface area (Å²) in [4.78, 5) is 1.01. The summed E-state index contributed by atoms with van der Waals surface area (Å²) in [5.74, 6) is 1.42. The van der Waals surface area contributed by atoms with Gasteiger partial charge in [0.15, 0.2) is 11.5 Å². The molecular formula is C16H20ClNO2S. The van der Waals surface area contributed by atoms with Gasteiger partial charge in [0.2, 0.25) is 0 Å². The van der Waals surface area contributed by atoms with Gasteiger partial charge in [-0.05, 0) is 43.2 Å². The van der Waals surface area contributed by atoms with Crippen molar-refractivity contribution >= 4 is 22.9 Å². The fraction of sp³-hybridized carbons (Fsp3) is 0.375. The molecule has 2 rings (SSSR count). The van der Waals surface area contributed by atoms with Gasteiger partial charge in [0.05, 0.1) is 11.4 Å². The summed E-state index contributed by atoms with van der Waals surface area (Å²) in [6.45, 7) is 4.03. The molecule has 0 aliphatic heterocycles. The van der Waals surface area contributed by atoms with Gasteiger partial charge >= 0.3 is 0 Å². The summed E-state index contributed by atoms with van der Waals surface area (Å²) in [7, 11) is 1.64. The molecular weight excluding hydrogens is 306 g/mol. The van der Waals surface area contributed by atoms with E-state index in [4.69, 9.17) is 26.8 Å². The van der Waals surface area contributed by atoms with Crippen molar-refractivity contribution in [2.45, 2.75) is 32.4 Å². The Hall–Kier alpha value is -1.23. The third-order valence-electron chi connectivity index (χ3n) is 3.24. The lowest BCUT2D eigenvalue weighted by atomic mass is 10.1. The number of nitrogens with two attached hydrogens (primary N) is 1. The molecule has 1 aromatic carbocycles. The molecule has 0 fully saturated rings. The highest BCUT2D eigenvalue weighted by Gasteiger charge is 2.22. The number of rotatable bonds is 6. The van der Waals surface area contributed by atoms with Crippen LogP contribution in [-0.2, 0) is 6.42 Å². The summed E-state index contributed by atoms with van der Waals surface area (Å²) >= 11 is 7.49. The Morgan fingerprint density at radius 3 is 2.52 bits per heavy atom. The van der Waals surface area contributed by atoms with Crippen LogP contribution in [0, 0.1) is 0 Å². The average molecular weight is 326 g/mol. The second-order valence-electron chi connectivity index (χ2n) is 4.88. The number of hydrogen-bond donors (Lipinski definition) is 1. The Balaban J connectivity index is 2.29. The molecule has 21 heavy (non-hydrogen) atoms. The summed E-state index contributed by atoms with van der Waals surface area (Å²) in [5.41, 5.74) is 7.28. The van der Waals surface area contributed by atoms with Gasteiger partial charge < -0.3 is 15.2 Å². The first kappa shape index (κ1) is 16.1. The van der Waals surface area contributed by atoms with E-state index in [1.807, 2.05) is 37.3 Å². The molecule has 114 valence electrons. The van der Waals surface area contributed by atoms with Crippen LogP contribution in [0.1, 0.15) is 30.4 Å². The van der Waals surface area contributed by atoms with E-state index in [1.165, 1.54) is 16.9 Å². The molecule has 0 bridgehead atoms. The van der Waals surface area contributed by atoms with E-state index in [2.05, 4.69) is 6.92 Å². The van der Waals surface area contributed by atoms with Gasteiger partial charge in [-0.1, -0.05) is 24.6 Å². The van der Waals surface area contributed by atoms with Crippen LogP contribution in [-0.4, -0.2) is 13.2 Å². The molecule has 0 amide bonds. The molecule has 0 saturated heterocycles. The maximum Gasteiger partial charge on any atom is 0.162 e. The van der Waals surface area contributed by atoms with Gasteiger partial charge in [-0.25, -0.2) is 0 Å². The Labute approximate surface area is 134 Å². The van der Waals surface area contributed by atoms with Crippen LogP contribution in [0.3, 0.4) is 0 Å². The topological polar surface area (TPSA) is 44.5 Å². The molecule has 2 aromatic rings. The van der Waals surface area contributed by atoms with Crippen LogP contribution < -0.4 is 15.2 Å². The zero-order valence-corrected chi connectivity index (χ0v) is 14.0. The highest BCUT2D eigenvalue weighted by Crippen LogP contribution is 2.36. The van der Waals surface area contributed by atoms with Gasteiger partial charge in [0.25, 0.3) is 0 Å². The molecule has 5 heteroatoms. The lowest BCUT2D eigenvalue weighted by Gasteiger charge is -2.23. The van der Waals surface area contributed by atoms with Crippen LogP contribution in [0.2, 0.25) is 4.34 Å². The van der Waals surface area contributed by atoms with Gasteiger partial charge in [-0.2, -0.15) is 0 Å². The molecule has 1 heterocycles. The Morgan fingerprint density at radius 2 is 2.00 bits per heavy atom. The molecule has 0 radical (unpaired) electrons. The van der Waals surface area contributed by atoms with Crippen molar-refractivity contribution in [3.05, 3.63) is 45.1 Å². The lowest BCUT2D eigenvalue weighted by Crippen LogP contribution is -2.28. The minimum Gasteiger partial charge on any atom is -0.493 e. The average Bonchev–Trinajstić information content (AvgIpc) is 2.90. The van der Waals surface area contributed by atoms with Crippen molar-refractivity contribution in [1.82, 2.24) is 0 Å². The number of ether oxygens (including phenoxy) is 2. The van der Waals surface area contributed by atoms with Gasteiger partial charge in [0.1, 0.15) is 6.10 Å².